The molecular weight excluding hydrogens is 188 g/mol. The zero-order chi connectivity index (χ0) is 10.5. The van der Waals surface area contributed by atoms with Gasteiger partial charge in [0.1, 0.15) is 5.75 Å². The van der Waals surface area contributed by atoms with Crippen LogP contribution in [0.15, 0.2) is 24.4 Å². The lowest BCUT2D eigenvalue weighted by Gasteiger charge is -2.10. The summed E-state index contributed by atoms with van der Waals surface area (Å²) in [6.45, 7) is 0.690. The fourth-order valence-corrected chi connectivity index (χ4v) is 2.28. The number of benzene rings is 1. The molecule has 78 valence electrons. The molecular formula is C12H14N2O. The predicted octanol–water partition coefficient (Wildman–Crippen LogP) is 1.86. The number of nitrogens with two attached hydrogens (primary N) is 1. The maximum absolute atomic E-state index is 9.49. The van der Waals surface area contributed by atoms with Gasteiger partial charge in [0.15, 0.2) is 0 Å². The number of nitrogens with one attached hydrogen (secondary N) is 1. The van der Waals surface area contributed by atoms with Gasteiger partial charge in [0.25, 0.3) is 0 Å². The smallest absolute Gasteiger partial charge is 0.116 e. The molecule has 1 fully saturated rings. The van der Waals surface area contributed by atoms with E-state index in [1.165, 1.54) is 5.56 Å². The largest absolute Gasteiger partial charge is 0.508 e. The molecule has 1 heterocycles. The summed E-state index contributed by atoms with van der Waals surface area (Å²) in [5, 5.41) is 10.6. The summed E-state index contributed by atoms with van der Waals surface area (Å²) < 4.78 is 0. The van der Waals surface area contributed by atoms with Gasteiger partial charge in [0.05, 0.1) is 0 Å². The van der Waals surface area contributed by atoms with Crippen LogP contribution in [-0.2, 0) is 5.41 Å². The number of rotatable bonds is 2. The van der Waals surface area contributed by atoms with E-state index in [2.05, 4.69) is 4.98 Å². The number of hydrogen-bond donors (Lipinski definition) is 3. The van der Waals surface area contributed by atoms with Crippen LogP contribution in [0.4, 0.5) is 0 Å². The average molecular weight is 202 g/mol. The van der Waals surface area contributed by atoms with E-state index in [1.807, 2.05) is 18.3 Å². The second kappa shape index (κ2) is 2.76. The Morgan fingerprint density at radius 1 is 1.40 bits per heavy atom. The van der Waals surface area contributed by atoms with E-state index < -0.39 is 0 Å². The Kier molecular flexibility index (Phi) is 1.62. The molecule has 3 nitrogen and oxygen atoms in total. The molecule has 0 unspecified atom stereocenters. The van der Waals surface area contributed by atoms with E-state index in [0.29, 0.717) is 12.3 Å². The number of aromatic hydroxyl groups is 1. The molecule has 3 rings (SSSR count). The Morgan fingerprint density at radius 3 is 2.87 bits per heavy atom. The van der Waals surface area contributed by atoms with Crippen molar-refractivity contribution in [3.63, 3.8) is 0 Å². The van der Waals surface area contributed by atoms with Crippen molar-refractivity contribution in [2.45, 2.75) is 18.3 Å². The highest BCUT2D eigenvalue weighted by Gasteiger charge is 2.44. The third-order valence-electron chi connectivity index (χ3n) is 3.48. The predicted molar refractivity (Wildman–Crippen MR) is 59.9 cm³/mol. The van der Waals surface area contributed by atoms with E-state index in [0.717, 1.165) is 23.7 Å². The van der Waals surface area contributed by atoms with Crippen LogP contribution in [0.25, 0.3) is 10.9 Å². The van der Waals surface area contributed by atoms with Gasteiger partial charge in [-0.25, -0.2) is 0 Å². The lowest BCUT2D eigenvalue weighted by molar-refractivity contribution is 0.476. The van der Waals surface area contributed by atoms with E-state index in [4.69, 9.17) is 5.73 Å². The highest BCUT2D eigenvalue weighted by atomic mass is 16.3. The van der Waals surface area contributed by atoms with Crippen molar-refractivity contribution >= 4 is 10.9 Å². The minimum atomic E-state index is 0.173. The van der Waals surface area contributed by atoms with Crippen molar-refractivity contribution < 1.29 is 5.11 Å². The summed E-state index contributed by atoms with van der Waals surface area (Å²) in [6.07, 6.45) is 4.35. The molecule has 2 aromatic rings. The lowest BCUT2D eigenvalue weighted by atomic mass is 9.96. The van der Waals surface area contributed by atoms with Crippen LogP contribution in [-0.4, -0.2) is 16.6 Å². The molecule has 0 radical (unpaired) electrons. The van der Waals surface area contributed by atoms with Gasteiger partial charge in [-0.3, -0.25) is 0 Å². The van der Waals surface area contributed by atoms with Gasteiger partial charge in [-0.05, 0) is 36.6 Å². The highest BCUT2D eigenvalue weighted by Crippen LogP contribution is 2.49. The van der Waals surface area contributed by atoms with Gasteiger partial charge in [-0.1, -0.05) is 0 Å². The van der Waals surface area contributed by atoms with Gasteiger partial charge in [-0.2, -0.15) is 0 Å². The number of hydrogen-bond acceptors (Lipinski definition) is 2. The Labute approximate surface area is 87.9 Å². The first-order valence-electron chi connectivity index (χ1n) is 5.26. The standard InChI is InChI=1S/C12H14N2O/c13-7-12(3-4-12)10-6-14-11-2-1-8(15)5-9(10)11/h1-2,5-6,14-15H,3-4,7,13H2. The maximum Gasteiger partial charge on any atom is 0.116 e. The molecule has 4 N–H and O–H groups in total. The highest BCUT2D eigenvalue weighted by molar-refractivity contribution is 5.86. The number of H-pyrrole nitrogens is 1. The van der Waals surface area contributed by atoms with Gasteiger partial charge in [0, 0.05) is 29.1 Å². The fourth-order valence-electron chi connectivity index (χ4n) is 2.28. The molecule has 0 saturated heterocycles. The molecule has 0 aliphatic heterocycles. The quantitative estimate of drug-likeness (QED) is 0.696. The van der Waals surface area contributed by atoms with Gasteiger partial charge < -0.3 is 15.8 Å². The fraction of sp³-hybridized carbons (Fsp3) is 0.333. The van der Waals surface area contributed by atoms with Crippen LogP contribution in [0.5, 0.6) is 5.75 Å². The molecule has 1 aromatic carbocycles. The first kappa shape index (κ1) is 8.80. The van der Waals surface area contributed by atoms with E-state index in [9.17, 15) is 5.11 Å². The van der Waals surface area contributed by atoms with Crippen LogP contribution < -0.4 is 5.73 Å². The van der Waals surface area contributed by atoms with Crippen LogP contribution in [0.1, 0.15) is 18.4 Å². The summed E-state index contributed by atoms with van der Waals surface area (Å²) >= 11 is 0. The number of aromatic nitrogens is 1. The van der Waals surface area contributed by atoms with E-state index in [-0.39, 0.29) is 5.41 Å². The zero-order valence-corrected chi connectivity index (χ0v) is 8.46. The van der Waals surface area contributed by atoms with Crippen molar-refractivity contribution in [3.8, 4) is 5.75 Å². The molecule has 0 amide bonds. The normalized spacial score (nSPS) is 18.2. The van der Waals surface area contributed by atoms with E-state index >= 15 is 0 Å². The summed E-state index contributed by atoms with van der Waals surface area (Å²) in [7, 11) is 0. The lowest BCUT2D eigenvalue weighted by Crippen LogP contribution is -2.19. The second-order valence-electron chi connectivity index (χ2n) is 4.42. The van der Waals surface area contributed by atoms with Crippen LogP contribution in [0.3, 0.4) is 0 Å². The topological polar surface area (TPSA) is 62.0 Å². The third kappa shape index (κ3) is 1.16. The number of phenols is 1. The molecule has 0 atom stereocenters. The molecule has 3 heteroatoms. The molecule has 1 aliphatic carbocycles. The Hall–Kier alpha value is -1.48. The van der Waals surface area contributed by atoms with Crippen molar-refractivity contribution in [3.05, 3.63) is 30.0 Å². The summed E-state index contributed by atoms with van der Waals surface area (Å²) in [4.78, 5) is 3.23. The molecule has 15 heavy (non-hydrogen) atoms. The molecule has 1 aliphatic rings. The van der Waals surface area contributed by atoms with E-state index in [1.54, 1.807) is 6.07 Å². The van der Waals surface area contributed by atoms with Gasteiger partial charge in [-0.15, -0.1) is 0 Å². The van der Waals surface area contributed by atoms with Crippen molar-refractivity contribution in [2.24, 2.45) is 5.73 Å². The average Bonchev–Trinajstić information content (AvgIpc) is 2.93. The van der Waals surface area contributed by atoms with Gasteiger partial charge in [0.2, 0.25) is 0 Å². The Morgan fingerprint density at radius 2 is 2.20 bits per heavy atom. The maximum atomic E-state index is 9.49. The monoisotopic (exact) mass is 202 g/mol. The summed E-state index contributed by atoms with van der Waals surface area (Å²) in [6, 6.07) is 5.42. The Bertz CT molecular complexity index is 511. The van der Waals surface area contributed by atoms with Crippen molar-refractivity contribution in [1.29, 1.82) is 0 Å². The molecule has 0 spiro atoms. The minimum absolute atomic E-state index is 0.173. The van der Waals surface area contributed by atoms with Crippen LogP contribution >= 0.6 is 0 Å². The minimum Gasteiger partial charge on any atom is -0.508 e. The number of phenolic OH excluding ortho intramolecular Hbond substituents is 1. The SMILES string of the molecule is NCC1(c2c[nH]c3ccc(O)cc23)CC1. The number of fused-ring (bicyclic) bond motifs is 1. The summed E-state index contributed by atoms with van der Waals surface area (Å²) in [5.41, 5.74) is 8.32. The third-order valence-corrected chi connectivity index (χ3v) is 3.48. The Balaban J connectivity index is 2.23. The second-order valence-corrected chi connectivity index (χ2v) is 4.42. The molecule has 0 bridgehead atoms. The first-order chi connectivity index (χ1) is 7.25. The van der Waals surface area contributed by atoms with Gasteiger partial charge >= 0.3 is 0 Å². The zero-order valence-electron chi connectivity index (χ0n) is 8.46. The van der Waals surface area contributed by atoms with Crippen LogP contribution in [0.2, 0.25) is 0 Å². The molecule has 1 saturated carbocycles. The summed E-state index contributed by atoms with van der Waals surface area (Å²) in [5.74, 6) is 0.316. The van der Waals surface area contributed by atoms with Crippen molar-refractivity contribution in [2.75, 3.05) is 6.54 Å². The first-order valence-corrected chi connectivity index (χ1v) is 5.26. The molecule has 1 aromatic heterocycles. The van der Waals surface area contributed by atoms with Crippen LogP contribution in [0, 0.1) is 0 Å². The number of aromatic amines is 1. The van der Waals surface area contributed by atoms with Crippen molar-refractivity contribution in [1.82, 2.24) is 4.98 Å².